The van der Waals surface area contributed by atoms with Gasteiger partial charge in [0.25, 0.3) is 5.91 Å². The molecule has 2 aromatic carbocycles. The molecule has 0 aliphatic carbocycles. The second-order valence-corrected chi connectivity index (χ2v) is 8.05. The summed E-state index contributed by atoms with van der Waals surface area (Å²) in [6, 6.07) is 19.2. The van der Waals surface area contributed by atoms with Gasteiger partial charge in [-0.25, -0.2) is 4.39 Å². The molecule has 0 spiro atoms. The van der Waals surface area contributed by atoms with Crippen molar-refractivity contribution in [2.75, 3.05) is 25.4 Å². The van der Waals surface area contributed by atoms with Crippen LogP contribution in [0.3, 0.4) is 0 Å². The van der Waals surface area contributed by atoms with E-state index in [1.54, 1.807) is 22.8 Å². The zero-order valence-electron chi connectivity index (χ0n) is 18.6. The number of nitrogens with zero attached hydrogens (tertiary/aromatic N) is 6. The fourth-order valence-corrected chi connectivity index (χ4v) is 3.87. The van der Waals surface area contributed by atoms with Crippen molar-refractivity contribution >= 4 is 23.6 Å². The van der Waals surface area contributed by atoms with E-state index < -0.39 is 24.3 Å². The lowest BCUT2D eigenvalue weighted by Gasteiger charge is -2.20. The molecule has 3 rings (SSSR count). The first-order chi connectivity index (χ1) is 17.0. The number of para-hydroxylation sites is 1. The molecule has 0 radical (unpaired) electrons. The van der Waals surface area contributed by atoms with Gasteiger partial charge in [-0.15, -0.1) is 10.2 Å². The number of amides is 1. The summed E-state index contributed by atoms with van der Waals surface area (Å²) in [6.07, 6.45) is 0.223. The minimum Gasteiger partial charge on any atom is -0.455 e. The van der Waals surface area contributed by atoms with Crippen LogP contribution in [0, 0.1) is 28.5 Å². The van der Waals surface area contributed by atoms with Gasteiger partial charge in [-0.05, 0) is 24.3 Å². The van der Waals surface area contributed by atoms with Gasteiger partial charge in [0.1, 0.15) is 5.82 Å². The predicted molar refractivity (Wildman–Crippen MR) is 125 cm³/mol. The van der Waals surface area contributed by atoms with E-state index in [1.807, 2.05) is 42.5 Å². The maximum Gasteiger partial charge on any atom is 0.316 e. The minimum atomic E-state index is -0.654. The molecule has 1 amide bonds. The molecule has 0 aliphatic heterocycles. The Labute approximate surface area is 205 Å². The molecule has 3 aromatic rings. The monoisotopic (exact) mass is 492 g/mol. The molecule has 0 N–H and O–H groups in total. The molecule has 0 unspecified atom stereocenters. The van der Waals surface area contributed by atoms with Crippen LogP contribution in [-0.4, -0.2) is 57.0 Å². The van der Waals surface area contributed by atoms with Crippen molar-refractivity contribution in [2.45, 2.75) is 18.0 Å². The molecule has 1 aromatic heterocycles. The first kappa shape index (κ1) is 25.4. The van der Waals surface area contributed by atoms with E-state index in [2.05, 4.69) is 10.2 Å². The third-order valence-corrected chi connectivity index (χ3v) is 5.68. The van der Waals surface area contributed by atoms with Gasteiger partial charge >= 0.3 is 5.97 Å². The number of ether oxygens (including phenoxy) is 1. The van der Waals surface area contributed by atoms with Crippen LogP contribution in [0.4, 0.5) is 4.39 Å². The van der Waals surface area contributed by atoms with Crippen LogP contribution in [0.25, 0.3) is 17.1 Å². The van der Waals surface area contributed by atoms with Crippen LogP contribution in [0.5, 0.6) is 0 Å². The SMILES string of the molecule is N#CCCN(CCC#N)C(=O)COC(=O)CSc1nnc(-c2ccccc2F)n1-c1ccccc1. The van der Waals surface area contributed by atoms with E-state index in [0.29, 0.717) is 10.8 Å². The van der Waals surface area contributed by atoms with E-state index in [1.165, 1.54) is 11.0 Å². The molecule has 0 saturated heterocycles. The van der Waals surface area contributed by atoms with Crippen molar-refractivity contribution < 1.29 is 18.7 Å². The Balaban J connectivity index is 1.69. The first-order valence-corrected chi connectivity index (χ1v) is 11.6. The first-order valence-electron chi connectivity index (χ1n) is 10.6. The van der Waals surface area contributed by atoms with E-state index in [9.17, 15) is 14.0 Å². The number of benzene rings is 2. The molecular formula is C24H21FN6O3S. The summed E-state index contributed by atoms with van der Waals surface area (Å²) in [4.78, 5) is 26.0. The fourth-order valence-electron chi connectivity index (χ4n) is 3.12. The highest BCUT2D eigenvalue weighted by Gasteiger charge is 2.20. The number of carbonyl (C=O) groups excluding carboxylic acids is 2. The number of nitriles is 2. The fraction of sp³-hybridized carbons (Fsp3) is 0.250. The molecule has 9 nitrogen and oxygen atoms in total. The number of hydrogen-bond acceptors (Lipinski definition) is 8. The third kappa shape index (κ3) is 6.88. The molecule has 0 atom stereocenters. The Bertz CT molecular complexity index is 1230. The number of thioether (sulfide) groups is 1. The van der Waals surface area contributed by atoms with Crippen LogP contribution < -0.4 is 0 Å². The summed E-state index contributed by atoms with van der Waals surface area (Å²) in [7, 11) is 0. The van der Waals surface area contributed by atoms with E-state index in [4.69, 9.17) is 15.3 Å². The van der Waals surface area contributed by atoms with Crippen molar-refractivity contribution in [3.63, 3.8) is 0 Å². The van der Waals surface area contributed by atoms with Gasteiger partial charge in [-0.3, -0.25) is 14.2 Å². The lowest BCUT2D eigenvalue weighted by molar-refractivity contribution is -0.149. The maximum atomic E-state index is 14.5. The second-order valence-electron chi connectivity index (χ2n) is 7.10. The average molecular weight is 493 g/mol. The third-order valence-electron chi connectivity index (χ3n) is 4.78. The van der Waals surface area contributed by atoms with Crippen molar-refractivity contribution in [3.05, 3.63) is 60.4 Å². The highest BCUT2D eigenvalue weighted by molar-refractivity contribution is 7.99. The highest BCUT2D eigenvalue weighted by Crippen LogP contribution is 2.29. The second kappa shape index (κ2) is 12.9. The van der Waals surface area contributed by atoms with Gasteiger partial charge in [-0.1, -0.05) is 42.1 Å². The molecule has 0 aliphatic rings. The number of halogens is 1. The summed E-state index contributed by atoms with van der Waals surface area (Å²) in [5, 5.41) is 26.1. The Kier molecular flexibility index (Phi) is 9.34. The Morgan fingerprint density at radius 3 is 2.31 bits per heavy atom. The predicted octanol–water partition coefficient (Wildman–Crippen LogP) is 3.36. The number of aromatic nitrogens is 3. The van der Waals surface area contributed by atoms with Crippen LogP contribution in [-0.2, 0) is 14.3 Å². The Hall–Kier alpha value is -4.22. The number of rotatable bonds is 11. The van der Waals surface area contributed by atoms with Gasteiger partial charge in [0.2, 0.25) is 0 Å². The maximum absolute atomic E-state index is 14.5. The van der Waals surface area contributed by atoms with Crippen LogP contribution >= 0.6 is 11.8 Å². The summed E-state index contributed by atoms with van der Waals surface area (Å²) in [6.45, 7) is -0.188. The summed E-state index contributed by atoms with van der Waals surface area (Å²) in [5.41, 5.74) is 0.950. The van der Waals surface area contributed by atoms with Crippen molar-refractivity contribution in [1.29, 1.82) is 10.5 Å². The smallest absolute Gasteiger partial charge is 0.316 e. The largest absolute Gasteiger partial charge is 0.455 e. The molecule has 0 saturated carbocycles. The van der Waals surface area contributed by atoms with E-state index >= 15 is 0 Å². The summed E-state index contributed by atoms with van der Waals surface area (Å²) < 4.78 is 21.2. The van der Waals surface area contributed by atoms with E-state index in [-0.39, 0.29) is 43.1 Å². The minimum absolute atomic E-state index is 0.112. The van der Waals surface area contributed by atoms with Gasteiger partial charge in [0.15, 0.2) is 17.6 Å². The van der Waals surface area contributed by atoms with Crippen LogP contribution in [0.15, 0.2) is 59.8 Å². The Morgan fingerprint density at radius 1 is 1.00 bits per heavy atom. The standard InChI is InChI=1S/C24H21FN6O3S/c25-20-11-5-4-10-19(20)23-28-29-24(31(23)18-8-2-1-3-9-18)35-17-22(33)34-16-21(32)30(14-6-12-26)15-7-13-27/h1-5,8-11H,6-7,14-17H2. The van der Waals surface area contributed by atoms with Crippen LogP contribution in [0.1, 0.15) is 12.8 Å². The molecule has 11 heteroatoms. The average Bonchev–Trinajstić information content (AvgIpc) is 3.30. The van der Waals surface area contributed by atoms with Gasteiger partial charge in [-0.2, -0.15) is 10.5 Å². The molecule has 178 valence electrons. The molecule has 0 bridgehead atoms. The number of hydrogen-bond donors (Lipinski definition) is 0. The van der Waals surface area contributed by atoms with Crippen molar-refractivity contribution in [3.8, 4) is 29.2 Å². The molecular weight excluding hydrogens is 471 g/mol. The number of esters is 1. The van der Waals surface area contributed by atoms with Gasteiger partial charge in [0.05, 0.1) is 36.3 Å². The summed E-state index contributed by atoms with van der Waals surface area (Å²) in [5.74, 6) is -1.47. The highest BCUT2D eigenvalue weighted by atomic mass is 32.2. The summed E-state index contributed by atoms with van der Waals surface area (Å²) >= 11 is 1.04. The number of carbonyl (C=O) groups is 2. The van der Waals surface area contributed by atoms with E-state index in [0.717, 1.165) is 11.8 Å². The van der Waals surface area contributed by atoms with Gasteiger partial charge < -0.3 is 9.64 Å². The van der Waals surface area contributed by atoms with Crippen molar-refractivity contribution in [1.82, 2.24) is 19.7 Å². The zero-order valence-corrected chi connectivity index (χ0v) is 19.4. The lowest BCUT2D eigenvalue weighted by Crippen LogP contribution is -2.36. The topological polar surface area (TPSA) is 125 Å². The van der Waals surface area contributed by atoms with Crippen molar-refractivity contribution in [2.24, 2.45) is 0 Å². The lowest BCUT2D eigenvalue weighted by atomic mass is 10.2. The molecule has 1 heterocycles. The molecule has 0 fully saturated rings. The quantitative estimate of drug-likeness (QED) is 0.295. The normalized spacial score (nSPS) is 10.3. The Morgan fingerprint density at radius 2 is 1.66 bits per heavy atom. The van der Waals surface area contributed by atoms with Gasteiger partial charge in [0, 0.05) is 18.8 Å². The zero-order chi connectivity index (χ0) is 25.0. The molecule has 35 heavy (non-hydrogen) atoms. The van der Waals surface area contributed by atoms with Crippen LogP contribution in [0.2, 0.25) is 0 Å².